The highest BCUT2D eigenvalue weighted by atomic mass is 19.3. The smallest absolute Gasteiger partial charge is 0.388 e. The lowest BCUT2D eigenvalue weighted by Crippen LogP contribution is -2.32. The molecule has 0 bridgehead atoms. The van der Waals surface area contributed by atoms with E-state index >= 15 is 0 Å². The molecule has 4 aromatic heterocycles. The minimum atomic E-state index is -3.11. The molecule has 1 aliphatic rings. The van der Waals surface area contributed by atoms with Crippen molar-refractivity contribution in [3.8, 4) is 34.1 Å². The van der Waals surface area contributed by atoms with Crippen molar-refractivity contribution in [3.63, 3.8) is 0 Å². The number of urea groups is 1. The molecule has 3 N–H and O–H groups in total. The number of fused-ring (bicyclic) bond motifs is 2. The number of pyridine rings is 1. The fraction of sp³-hybridized carbons (Fsp3) is 0.417. The van der Waals surface area contributed by atoms with Crippen molar-refractivity contribution in [3.05, 3.63) is 30.2 Å². The van der Waals surface area contributed by atoms with E-state index in [0.29, 0.717) is 36.2 Å². The number of hydrogen-bond acceptors (Lipinski definition) is 6. The van der Waals surface area contributed by atoms with E-state index in [1.54, 1.807) is 26.2 Å². The van der Waals surface area contributed by atoms with Gasteiger partial charge in [0.05, 0.1) is 23.4 Å². The molecule has 4 aromatic rings. The molecule has 0 atom stereocenters. The number of aromatic amines is 1. The van der Waals surface area contributed by atoms with Crippen molar-refractivity contribution in [1.29, 1.82) is 0 Å². The lowest BCUT2D eigenvalue weighted by atomic mass is 10.0. The van der Waals surface area contributed by atoms with E-state index in [4.69, 9.17) is 10.5 Å². The number of nitrogens with zero attached hydrogens (tertiary/aromatic N) is 6. The predicted molar refractivity (Wildman–Crippen MR) is 134 cm³/mol. The first-order valence-corrected chi connectivity index (χ1v) is 12.1. The van der Waals surface area contributed by atoms with Crippen LogP contribution in [0.1, 0.15) is 31.9 Å². The second-order valence-electron chi connectivity index (χ2n) is 8.73. The predicted octanol–water partition coefficient (Wildman–Crippen LogP) is 4.56. The molecule has 0 saturated carbocycles. The number of H-pyrrole nitrogens is 1. The van der Waals surface area contributed by atoms with Crippen molar-refractivity contribution in [2.75, 3.05) is 20.2 Å². The normalized spacial score (nSPS) is 12.7. The highest BCUT2D eigenvalue weighted by Crippen LogP contribution is 2.47. The number of ether oxygens (including phenoxy) is 2. The van der Waals surface area contributed by atoms with Gasteiger partial charge in [-0.05, 0) is 18.6 Å². The van der Waals surface area contributed by atoms with Gasteiger partial charge >= 0.3 is 12.6 Å². The first-order valence-electron chi connectivity index (χ1n) is 12.1. The molecule has 5 heterocycles. The third-order valence-electron chi connectivity index (χ3n) is 5.91. The van der Waals surface area contributed by atoms with Crippen LogP contribution in [0.15, 0.2) is 24.5 Å². The maximum atomic E-state index is 13.9. The molecule has 0 radical (unpaired) electrons. The number of nitrogens with one attached hydrogen (secondary N) is 1. The topological polar surface area (TPSA) is 129 Å². The number of halogens is 4. The Morgan fingerprint density at radius 3 is 2.69 bits per heavy atom. The van der Waals surface area contributed by atoms with Crippen LogP contribution in [0.2, 0.25) is 0 Å². The molecule has 0 aliphatic carbocycles. The van der Waals surface area contributed by atoms with Crippen molar-refractivity contribution in [2.45, 2.75) is 39.3 Å². The lowest BCUT2D eigenvalue weighted by Gasteiger charge is -2.16. The minimum absolute atomic E-state index is 0.0644. The monoisotopic (exact) mass is 552 g/mol. The molecule has 0 aromatic carbocycles. The summed E-state index contributed by atoms with van der Waals surface area (Å²) in [7, 11) is 3.23. The third-order valence-corrected chi connectivity index (χ3v) is 5.91. The molecule has 0 saturated heterocycles. The van der Waals surface area contributed by atoms with Crippen LogP contribution in [-0.2, 0) is 13.6 Å². The number of rotatable bonds is 7. The number of alkyl halides is 4. The summed E-state index contributed by atoms with van der Waals surface area (Å²) in [6.07, 6.45) is 1.72. The Morgan fingerprint density at radius 2 is 2.05 bits per heavy atom. The molecule has 0 unspecified atom stereocenters. The number of primary amides is 1. The van der Waals surface area contributed by atoms with Gasteiger partial charge in [-0.2, -0.15) is 13.9 Å². The fourth-order valence-electron chi connectivity index (χ4n) is 4.28. The second-order valence-corrected chi connectivity index (χ2v) is 8.73. The van der Waals surface area contributed by atoms with Crippen LogP contribution < -0.4 is 15.2 Å². The molecule has 2 amide bonds. The summed E-state index contributed by atoms with van der Waals surface area (Å²) in [6, 6.07) is 3.01. The van der Waals surface area contributed by atoms with E-state index in [9.17, 15) is 22.4 Å². The summed E-state index contributed by atoms with van der Waals surface area (Å²) in [5.74, 6) is -0.140. The summed E-state index contributed by atoms with van der Waals surface area (Å²) >= 11 is 0. The van der Waals surface area contributed by atoms with Crippen molar-refractivity contribution in [2.24, 2.45) is 12.8 Å². The van der Waals surface area contributed by atoms with Crippen molar-refractivity contribution < 1.29 is 31.8 Å². The largest absolute Gasteiger partial charge is 0.477 e. The SMILES string of the molecule is CCCN(C)C(N)=O.Cn1cc(-c2c(-c3c(C(F)F)nn4c3OCCC4)[nH]c3ncccc23)c(OC(F)F)n1. The van der Waals surface area contributed by atoms with Gasteiger partial charge in [-0.25, -0.2) is 23.2 Å². The molecule has 39 heavy (non-hydrogen) atoms. The first-order chi connectivity index (χ1) is 18.6. The Kier molecular flexibility index (Phi) is 8.26. The molecule has 0 spiro atoms. The van der Waals surface area contributed by atoms with Crippen LogP contribution in [0.5, 0.6) is 11.8 Å². The molecule has 0 fully saturated rings. The molecule has 5 rings (SSSR count). The number of nitrogens with two attached hydrogens (primary N) is 1. The number of amides is 2. The van der Waals surface area contributed by atoms with Gasteiger partial charge in [-0.1, -0.05) is 6.92 Å². The van der Waals surface area contributed by atoms with Gasteiger partial charge in [0.2, 0.25) is 11.8 Å². The van der Waals surface area contributed by atoms with E-state index in [0.717, 1.165) is 13.0 Å². The maximum Gasteiger partial charge on any atom is 0.388 e. The highest BCUT2D eigenvalue weighted by Gasteiger charge is 2.33. The van der Waals surface area contributed by atoms with Crippen LogP contribution >= 0.6 is 0 Å². The molecule has 210 valence electrons. The van der Waals surface area contributed by atoms with Crippen LogP contribution in [-0.4, -0.2) is 67.3 Å². The first kappa shape index (κ1) is 27.7. The van der Waals surface area contributed by atoms with Crippen LogP contribution in [0.25, 0.3) is 33.4 Å². The molecule has 15 heteroatoms. The summed E-state index contributed by atoms with van der Waals surface area (Å²) in [5, 5.41) is 8.53. The Labute approximate surface area is 220 Å². The van der Waals surface area contributed by atoms with E-state index in [-0.39, 0.29) is 34.6 Å². The zero-order valence-corrected chi connectivity index (χ0v) is 21.5. The quantitative estimate of drug-likeness (QED) is 0.324. The lowest BCUT2D eigenvalue weighted by molar-refractivity contribution is -0.0527. The zero-order chi connectivity index (χ0) is 28.3. The number of aryl methyl sites for hydroxylation is 2. The van der Waals surface area contributed by atoms with E-state index in [2.05, 4.69) is 24.9 Å². The van der Waals surface area contributed by atoms with Gasteiger partial charge in [0.1, 0.15) is 11.3 Å². The summed E-state index contributed by atoms with van der Waals surface area (Å²) in [5.41, 5.74) is 5.66. The summed E-state index contributed by atoms with van der Waals surface area (Å²) in [4.78, 5) is 19.0. The molecular weight excluding hydrogens is 524 g/mol. The third kappa shape index (κ3) is 5.76. The minimum Gasteiger partial charge on any atom is -0.477 e. The number of carbonyl (C=O) groups excluding carboxylic acids is 1. The second kappa shape index (κ2) is 11.6. The van der Waals surface area contributed by atoms with Gasteiger partial charge in [-0.15, -0.1) is 5.10 Å². The van der Waals surface area contributed by atoms with Gasteiger partial charge in [0.15, 0.2) is 0 Å². The molecule has 1 aliphatic heterocycles. The Hall–Kier alpha value is -4.30. The van der Waals surface area contributed by atoms with Gasteiger partial charge < -0.3 is 25.1 Å². The zero-order valence-electron chi connectivity index (χ0n) is 21.5. The van der Waals surface area contributed by atoms with Crippen LogP contribution in [0, 0.1) is 0 Å². The van der Waals surface area contributed by atoms with Gasteiger partial charge in [-0.3, -0.25) is 4.68 Å². The highest BCUT2D eigenvalue weighted by molar-refractivity contribution is 6.04. The molecule has 11 nitrogen and oxygen atoms in total. The number of carbonyl (C=O) groups is 1. The average molecular weight is 553 g/mol. The standard InChI is InChI=1S/C19H16F4N6O2.C5H12N2O/c1-28-8-10(17(27-28)31-19(22)23)11-9-4-2-5-24-16(9)25-13(11)12-14(15(20)21)26-29-6-3-7-30-18(12)29;1-3-4-7(2)5(6)8/h2,4-5,8,15,19H,3,6-7H2,1H3,(H,24,25);3-4H2,1-2H3,(H2,6,8). The van der Waals surface area contributed by atoms with E-state index in [1.165, 1.54) is 26.7 Å². The van der Waals surface area contributed by atoms with Gasteiger partial charge in [0.25, 0.3) is 6.43 Å². The van der Waals surface area contributed by atoms with Gasteiger partial charge in [0, 0.05) is 56.9 Å². The Bertz CT molecular complexity index is 1450. The maximum absolute atomic E-state index is 13.9. The summed E-state index contributed by atoms with van der Waals surface area (Å²) < 4.78 is 66.9. The van der Waals surface area contributed by atoms with E-state index < -0.39 is 18.7 Å². The Morgan fingerprint density at radius 1 is 1.28 bits per heavy atom. The van der Waals surface area contributed by atoms with Crippen LogP contribution in [0.4, 0.5) is 22.4 Å². The molecular formula is C24H28F4N8O3. The van der Waals surface area contributed by atoms with Crippen molar-refractivity contribution in [1.82, 2.24) is 34.4 Å². The van der Waals surface area contributed by atoms with Crippen LogP contribution in [0.3, 0.4) is 0 Å². The number of aromatic nitrogens is 6. The summed E-state index contributed by atoms with van der Waals surface area (Å²) in [6.45, 7) is 0.413. The van der Waals surface area contributed by atoms with E-state index in [1.807, 2.05) is 6.92 Å². The average Bonchev–Trinajstić information content (AvgIpc) is 3.56. The Balaban J connectivity index is 0.000000386. The fourth-order valence-corrected chi connectivity index (χ4v) is 4.28. The number of hydrogen-bond donors (Lipinski definition) is 2. The van der Waals surface area contributed by atoms with Crippen molar-refractivity contribution >= 4 is 17.1 Å².